The second-order valence-electron chi connectivity index (χ2n) is 5.11. The van der Waals surface area contributed by atoms with Crippen molar-refractivity contribution in [1.82, 2.24) is 20.1 Å². The quantitative estimate of drug-likeness (QED) is 0.806. The van der Waals surface area contributed by atoms with Crippen LogP contribution in [-0.2, 0) is 0 Å². The van der Waals surface area contributed by atoms with Gasteiger partial charge < -0.3 is 5.32 Å². The summed E-state index contributed by atoms with van der Waals surface area (Å²) in [7, 11) is 0. The van der Waals surface area contributed by atoms with Gasteiger partial charge in [-0.1, -0.05) is 24.3 Å². The Hall–Kier alpha value is -3.02. The van der Waals surface area contributed by atoms with Crippen molar-refractivity contribution in [3.63, 3.8) is 0 Å². The van der Waals surface area contributed by atoms with Gasteiger partial charge in [0.2, 0.25) is 0 Å². The van der Waals surface area contributed by atoms with E-state index in [9.17, 15) is 9.18 Å². The van der Waals surface area contributed by atoms with E-state index < -0.39 is 11.7 Å². The molecule has 0 saturated carbocycles. The van der Waals surface area contributed by atoms with Crippen molar-refractivity contribution in [2.24, 2.45) is 0 Å². The minimum Gasteiger partial charge on any atom is -0.345 e. The fourth-order valence-corrected chi connectivity index (χ4v) is 2.26. The summed E-state index contributed by atoms with van der Waals surface area (Å²) < 4.78 is 15.3. The molecule has 0 bridgehead atoms. The normalized spacial score (nSPS) is 11.9. The molecular weight excluding hydrogens is 295 g/mol. The first-order valence-corrected chi connectivity index (χ1v) is 7.15. The van der Waals surface area contributed by atoms with Gasteiger partial charge in [0.25, 0.3) is 5.91 Å². The third kappa shape index (κ3) is 3.26. The molecule has 0 saturated heterocycles. The van der Waals surface area contributed by atoms with Gasteiger partial charge in [0, 0.05) is 0 Å². The Kier molecular flexibility index (Phi) is 4.14. The maximum atomic E-state index is 13.6. The zero-order chi connectivity index (χ0) is 16.2. The lowest BCUT2D eigenvalue weighted by Crippen LogP contribution is -2.27. The fourth-order valence-electron chi connectivity index (χ4n) is 2.26. The lowest BCUT2D eigenvalue weighted by molar-refractivity contribution is 0.0936. The number of carbonyl (C=O) groups excluding carboxylic acids is 1. The van der Waals surface area contributed by atoms with Gasteiger partial charge in [0.05, 0.1) is 17.3 Å². The summed E-state index contributed by atoms with van der Waals surface area (Å²) in [6.07, 6.45) is 3.07. The number of hydrogen-bond acceptors (Lipinski definition) is 3. The highest BCUT2D eigenvalue weighted by Gasteiger charge is 2.14. The van der Waals surface area contributed by atoms with Gasteiger partial charge in [0.15, 0.2) is 0 Å². The van der Waals surface area contributed by atoms with Gasteiger partial charge in [-0.25, -0.2) is 14.1 Å². The Bertz CT molecular complexity index is 800. The van der Waals surface area contributed by atoms with Crippen LogP contribution in [0, 0.1) is 5.82 Å². The van der Waals surface area contributed by atoms with Crippen molar-refractivity contribution in [1.29, 1.82) is 0 Å². The van der Waals surface area contributed by atoms with E-state index in [1.807, 2.05) is 31.2 Å². The summed E-state index contributed by atoms with van der Waals surface area (Å²) in [4.78, 5) is 16.0. The van der Waals surface area contributed by atoms with Gasteiger partial charge in [-0.3, -0.25) is 4.79 Å². The second kappa shape index (κ2) is 6.39. The molecule has 1 N–H and O–H groups in total. The average molecular weight is 310 g/mol. The lowest BCUT2D eigenvalue weighted by Gasteiger charge is -2.15. The maximum absolute atomic E-state index is 13.6. The molecule has 2 aromatic carbocycles. The van der Waals surface area contributed by atoms with E-state index in [4.69, 9.17) is 0 Å². The van der Waals surface area contributed by atoms with Crippen molar-refractivity contribution in [2.45, 2.75) is 13.0 Å². The summed E-state index contributed by atoms with van der Waals surface area (Å²) >= 11 is 0. The number of rotatable bonds is 4. The maximum Gasteiger partial charge on any atom is 0.254 e. The van der Waals surface area contributed by atoms with E-state index in [0.717, 1.165) is 11.3 Å². The first-order valence-electron chi connectivity index (χ1n) is 7.15. The summed E-state index contributed by atoms with van der Waals surface area (Å²) in [6, 6.07) is 13.2. The standard InChI is InChI=1S/C17H15FN4O/c1-12(21-17(23)15-4-2-3-5-16(15)18)13-6-8-14(9-7-13)22-11-19-10-20-22/h2-12H,1H3,(H,21,23)/t12-/m0/s1. The second-order valence-corrected chi connectivity index (χ2v) is 5.11. The van der Waals surface area contributed by atoms with Gasteiger partial charge in [-0.2, -0.15) is 5.10 Å². The predicted octanol–water partition coefficient (Wildman–Crippen LogP) is 2.90. The van der Waals surface area contributed by atoms with Crippen LogP contribution in [0.1, 0.15) is 28.9 Å². The molecule has 1 heterocycles. The summed E-state index contributed by atoms with van der Waals surface area (Å²) in [5.74, 6) is -0.963. The third-order valence-corrected chi connectivity index (χ3v) is 3.54. The van der Waals surface area contributed by atoms with Gasteiger partial charge >= 0.3 is 0 Å². The Balaban J connectivity index is 1.72. The molecule has 0 aliphatic rings. The van der Waals surface area contributed by atoms with Crippen LogP contribution < -0.4 is 5.32 Å². The Morgan fingerprint density at radius 3 is 2.57 bits per heavy atom. The SMILES string of the molecule is C[C@H](NC(=O)c1ccccc1F)c1ccc(-n2cncn2)cc1. The van der Waals surface area contributed by atoms with Crippen LogP contribution in [0.15, 0.2) is 61.2 Å². The van der Waals surface area contributed by atoms with Crippen molar-refractivity contribution >= 4 is 5.91 Å². The molecule has 116 valence electrons. The van der Waals surface area contributed by atoms with Crippen LogP contribution in [-0.4, -0.2) is 20.7 Å². The summed E-state index contributed by atoms with van der Waals surface area (Å²) in [5, 5.41) is 6.85. The van der Waals surface area contributed by atoms with Crippen LogP contribution in [0.25, 0.3) is 5.69 Å². The predicted molar refractivity (Wildman–Crippen MR) is 83.6 cm³/mol. The number of nitrogens with one attached hydrogen (secondary N) is 1. The van der Waals surface area contributed by atoms with E-state index in [0.29, 0.717) is 0 Å². The molecule has 0 radical (unpaired) electrons. The van der Waals surface area contributed by atoms with Crippen LogP contribution in [0.2, 0.25) is 0 Å². The zero-order valence-electron chi connectivity index (χ0n) is 12.5. The number of benzene rings is 2. The lowest BCUT2D eigenvalue weighted by atomic mass is 10.1. The van der Waals surface area contributed by atoms with Crippen LogP contribution in [0.4, 0.5) is 4.39 Å². The minimum absolute atomic E-state index is 0.0404. The summed E-state index contributed by atoms with van der Waals surface area (Å²) in [6.45, 7) is 1.85. The highest BCUT2D eigenvalue weighted by Crippen LogP contribution is 2.16. The highest BCUT2D eigenvalue weighted by atomic mass is 19.1. The smallest absolute Gasteiger partial charge is 0.254 e. The Labute approximate surface area is 132 Å². The van der Waals surface area contributed by atoms with Crippen molar-refractivity contribution < 1.29 is 9.18 Å². The van der Waals surface area contributed by atoms with Crippen LogP contribution in [0.3, 0.4) is 0 Å². The topological polar surface area (TPSA) is 59.8 Å². The average Bonchev–Trinajstić information content (AvgIpc) is 3.09. The van der Waals surface area contributed by atoms with E-state index >= 15 is 0 Å². The van der Waals surface area contributed by atoms with Gasteiger partial charge in [-0.05, 0) is 36.8 Å². The van der Waals surface area contributed by atoms with Crippen molar-refractivity contribution in [3.05, 3.63) is 78.1 Å². The molecule has 0 unspecified atom stereocenters. The molecule has 0 aliphatic carbocycles. The number of aromatic nitrogens is 3. The number of carbonyl (C=O) groups is 1. The van der Waals surface area contributed by atoms with Crippen molar-refractivity contribution in [2.75, 3.05) is 0 Å². The highest BCUT2D eigenvalue weighted by molar-refractivity contribution is 5.94. The fraction of sp³-hybridized carbons (Fsp3) is 0.118. The van der Waals surface area contributed by atoms with E-state index in [2.05, 4.69) is 15.4 Å². The first kappa shape index (κ1) is 14.9. The van der Waals surface area contributed by atoms with Crippen LogP contribution >= 0.6 is 0 Å². The first-order chi connectivity index (χ1) is 11.1. The van der Waals surface area contributed by atoms with E-state index in [-0.39, 0.29) is 11.6 Å². The number of amides is 1. The largest absolute Gasteiger partial charge is 0.345 e. The van der Waals surface area contributed by atoms with E-state index in [1.165, 1.54) is 18.5 Å². The Morgan fingerprint density at radius 1 is 1.17 bits per heavy atom. The molecule has 23 heavy (non-hydrogen) atoms. The molecule has 0 aliphatic heterocycles. The van der Waals surface area contributed by atoms with Crippen molar-refractivity contribution in [3.8, 4) is 5.69 Å². The minimum atomic E-state index is -0.529. The number of hydrogen-bond donors (Lipinski definition) is 1. The number of halogens is 1. The Morgan fingerprint density at radius 2 is 1.91 bits per heavy atom. The van der Waals surface area contributed by atoms with Gasteiger partial charge in [-0.15, -0.1) is 0 Å². The molecule has 1 atom stereocenters. The number of nitrogens with zero attached hydrogens (tertiary/aromatic N) is 3. The molecule has 3 aromatic rings. The molecule has 1 amide bonds. The molecular formula is C17H15FN4O. The monoisotopic (exact) mass is 310 g/mol. The third-order valence-electron chi connectivity index (χ3n) is 3.54. The molecule has 5 nitrogen and oxygen atoms in total. The zero-order valence-corrected chi connectivity index (χ0v) is 12.5. The molecule has 1 aromatic heterocycles. The molecule has 3 rings (SSSR count). The van der Waals surface area contributed by atoms with Crippen LogP contribution in [0.5, 0.6) is 0 Å². The molecule has 6 heteroatoms. The summed E-state index contributed by atoms with van der Waals surface area (Å²) in [5.41, 5.74) is 1.83. The molecule has 0 spiro atoms. The molecule has 0 fully saturated rings. The van der Waals surface area contributed by atoms with Gasteiger partial charge in [0.1, 0.15) is 18.5 Å². The van der Waals surface area contributed by atoms with E-state index in [1.54, 1.807) is 23.1 Å².